The van der Waals surface area contributed by atoms with Crippen molar-refractivity contribution in [2.75, 3.05) is 7.11 Å². The smallest absolute Gasteiger partial charge is 1.00 e. The maximum atomic E-state index is 3.95. The van der Waals surface area contributed by atoms with Gasteiger partial charge in [0.15, 0.2) is 0 Å². The molecule has 0 rings (SSSR count). The monoisotopic (exact) mass is 98.0 g/mol. The fourth-order valence-electron chi connectivity index (χ4n) is 0.0393. The van der Waals surface area contributed by atoms with Crippen molar-refractivity contribution in [2.45, 2.75) is 0 Å². The first-order valence-electron chi connectivity index (χ1n) is 0.977. The summed E-state index contributed by atoms with van der Waals surface area (Å²) in [6.45, 7) is 0. The second kappa shape index (κ2) is 9.38. The van der Waals surface area contributed by atoms with E-state index in [4.69, 9.17) is 0 Å². The maximum absolute atomic E-state index is 3.95. The molecule has 5 heteroatoms. The van der Waals surface area contributed by atoms with E-state index in [-0.39, 0.29) is 20.3 Å². The summed E-state index contributed by atoms with van der Waals surface area (Å²) in [7, 11) is 1.35. The molecule has 30 valence electrons. The summed E-state index contributed by atoms with van der Waals surface area (Å²) in [6.07, 6.45) is 0. The van der Waals surface area contributed by atoms with E-state index >= 15 is 0 Å². The molecule has 0 bridgehead atoms. The van der Waals surface area contributed by atoms with Crippen molar-refractivity contribution in [3.63, 3.8) is 0 Å². The van der Waals surface area contributed by atoms with Crippen LogP contribution in [0, 0.1) is 0 Å². The molecular weight excluding hydrogens is 93.9 g/mol. The van der Waals surface area contributed by atoms with Gasteiger partial charge in [0.25, 0.3) is 0 Å². The minimum atomic E-state index is 0. The molecule has 6 heavy (non-hydrogen) atoms. The fourth-order valence-corrected chi connectivity index (χ4v) is 0.118. The van der Waals surface area contributed by atoms with Gasteiger partial charge < -0.3 is 5.37 Å². The zero-order chi connectivity index (χ0) is 4.12. The molecule has 0 N–H and O–H groups in total. The van der Waals surface area contributed by atoms with Gasteiger partial charge in [-0.15, -0.1) is 5.04 Å². The topological polar surface area (TPSA) is 27.7 Å². The Morgan fingerprint density at radius 1 is 1.67 bits per heavy atom. The first-order chi connectivity index (χ1) is 2.41. The van der Waals surface area contributed by atoms with Crippen LogP contribution in [0.25, 0.3) is 0 Å². The van der Waals surface area contributed by atoms with Crippen molar-refractivity contribution >= 4 is 16.6 Å². The van der Waals surface area contributed by atoms with Gasteiger partial charge in [0, 0.05) is 0 Å². The van der Waals surface area contributed by atoms with Crippen LogP contribution in [0.5, 0.6) is 0 Å². The molecule has 0 amide bonds. The van der Waals surface area contributed by atoms with Crippen molar-refractivity contribution < 1.29 is 34.2 Å². The average molecular weight is 98.0 g/mol. The number of hydrogen-bond acceptors (Lipinski definition) is 3. The van der Waals surface area contributed by atoms with Gasteiger partial charge in [-0.05, 0) is 0 Å². The van der Waals surface area contributed by atoms with E-state index in [1.165, 1.54) is 7.11 Å². The van der Waals surface area contributed by atoms with Crippen LogP contribution in [0.2, 0.25) is 0 Å². The molecular formula is CH4AlLiO3. The third kappa shape index (κ3) is 8.89. The molecule has 0 saturated carbocycles. The van der Waals surface area contributed by atoms with E-state index in [2.05, 4.69) is 13.9 Å². The van der Waals surface area contributed by atoms with Crippen LogP contribution in [0.3, 0.4) is 0 Å². The molecule has 0 aliphatic heterocycles. The molecule has 2 radical (unpaired) electrons. The molecule has 0 spiro atoms. The van der Waals surface area contributed by atoms with E-state index in [0.717, 1.165) is 0 Å². The van der Waals surface area contributed by atoms with Crippen LogP contribution in [0.15, 0.2) is 0 Å². The summed E-state index contributed by atoms with van der Waals surface area (Å²) in [4.78, 5) is 3.95. The summed E-state index contributed by atoms with van der Waals surface area (Å²) >= 11 is 1.85. The molecule has 0 atom stereocenters. The van der Waals surface area contributed by atoms with Gasteiger partial charge in [-0.1, -0.05) is 0 Å². The number of rotatable bonds is 2. The predicted molar refractivity (Wildman–Crippen MR) is 16.0 cm³/mol. The summed E-state index contributed by atoms with van der Waals surface area (Å²) in [5.74, 6) is 0. The van der Waals surface area contributed by atoms with E-state index < -0.39 is 0 Å². The van der Waals surface area contributed by atoms with Gasteiger partial charge in [-0.25, -0.2) is 4.89 Å². The van der Waals surface area contributed by atoms with E-state index in [1.807, 2.05) is 16.6 Å². The van der Waals surface area contributed by atoms with Gasteiger partial charge in [0.2, 0.25) is 0 Å². The van der Waals surface area contributed by atoms with Gasteiger partial charge >= 0.3 is 35.5 Å². The van der Waals surface area contributed by atoms with Crippen molar-refractivity contribution in [3.8, 4) is 0 Å². The molecule has 0 aromatic carbocycles. The molecule has 0 saturated heterocycles. The largest absolute Gasteiger partial charge is 1.00 e. The second-order valence-electron chi connectivity index (χ2n) is 0.331. The van der Waals surface area contributed by atoms with Gasteiger partial charge in [-0.3, -0.25) is 0 Å². The molecule has 0 heterocycles. The minimum absolute atomic E-state index is 0. The Balaban J connectivity index is -0.0000000800. The third-order valence-electron chi connectivity index (χ3n) is 0.107. The van der Waals surface area contributed by atoms with E-state index in [9.17, 15) is 0 Å². The molecule has 0 unspecified atom stereocenters. The second-order valence-corrected chi connectivity index (χ2v) is 0.523. The predicted octanol–water partition coefficient (Wildman–Crippen LogP) is -3.30. The normalized spacial score (nSPS) is 6.83. The number of hydrogen-bond donors (Lipinski definition) is 0. The zero-order valence-corrected chi connectivity index (χ0v) is 4.96. The molecule has 0 aliphatic rings. The summed E-state index contributed by atoms with van der Waals surface area (Å²) < 4.78 is 3.89. The average Bonchev–Trinajstić information content (AvgIpc) is 1.41. The zero-order valence-electron chi connectivity index (χ0n) is 4.80. The SMILES string of the molecule is COO[O][Al].[H-].[Li+]. The maximum Gasteiger partial charge on any atom is 1.00 e. The first kappa shape index (κ1) is 10.1. The third-order valence-corrected chi connectivity index (χ3v) is 0.186. The molecule has 0 aliphatic carbocycles. The Hall–Kier alpha value is 1.01. The Bertz CT molecular complexity index is 22.4. The standard InChI is InChI=1S/CH4O3.Al.Li.H/c1-3-4-2;;;/h2H,1H3;;;/q;2*+1;-1/p-1. The molecule has 0 aromatic rings. The quantitative estimate of drug-likeness (QED) is 0.205. The molecule has 3 nitrogen and oxygen atoms in total. The Kier molecular flexibility index (Phi) is 15.8. The van der Waals surface area contributed by atoms with Crippen LogP contribution in [-0.4, -0.2) is 23.7 Å². The van der Waals surface area contributed by atoms with E-state index in [1.54, 1.807) is 0 Å². The Morgan fingerprint density at radius 3 is 2.17 bits per heavy atom. The van der Waals surface area contributed by atoms with Crippen molar-refractivity contribution in [1.82, 2.24) is 0 Å². The first-order valence-corrected chi connectivity index (χ1v) is 1.45. The van der Waals surface area contributed by atoms with Crippen molar-refractivity contribution in [1.29, 1.82) is 0 Å². The van der Waals surface area contributed by atoms with Crippen LogP contribution >= 0.6 is 0 Å². The van der Waals surface area contributed by atoms with E-state index in [0.29, 0.717) is 0 Å². The van der Waals surface area contributed by atoms with Gasteiger partial charge in [0.05, 0.1) is 7.11 Å². The summed E-state index contributed by atoms with van der Waals surface area (Å²) in [5.41, 5.74) is 0. The minimum Gasteiger partial charge on any atom is -1.00 e. The fraction of sp³-hybridized carbons (Fsp3) is 1.00. The molecule has 0 aromatic heterocycles. The van der Waals surface area contributed by atoms with Crippen molar-refractivity contribution in [3.05, 3.63) is 0 Å². The van der Waals surface area contributed by atoms with Crippen LogP contribution < -0.4 is 18.9 Å². The molecule has 0 fully saturated rings. The Morgan fingerprint density at radius 2 is 2.17 bits per heavy atom. The Labute approximate surface area is 58.2 Å². The van der Waals surface area contributed by atoms with Crippen molar-refractivity contribution in [2.24, 2.45) is 0 Å². The van der Waals surface area contributed by atoms with Crippen LogP contribution in [0.1, 0.15) is 1.43 Å². The van der Waals surface area contributed by atoms with Crippen LogP contribution in [0.4, 0.5) is 0 Å². The summed E-state index contributed by atoms with van der Waals surface area (Å²) in [6, 6.07) is 0. The summed E-state index contributed by atoms with van der Waals surface area (Å²) in [5, 5.41) is 3.80. The van der Waals surface area contributed by atoms with Gasteiger partial charge in [-0.2, -0.15) is 0 Å². The van der Waals surface area contributed by atoms with Gasteiger partial charge in [0.1, 0.15) is 0 Å². The van der Waals surface area contributed by atoms with Crippen LogP contribution in [-0.2, 0) is 13.9 Å².